The second-order valence-corrected chi connectivity index (χ2v) is 17.3. The SMILES string of the molecule is c1cc(-c2ccc(N(c3ccc(-c4cccc(-n5c6ccccc6c6ccccc65)c4)cc3)c3ccc(-c4cccc5c4oc4ccccc45)cc3)cc2)cc(-c2ccc3ccccc3c2)c1. The first-order chi connectivity index (χ1) is 33.2. The van der Waals surface area contributed by atoms with Crippen molar-refractivity contribution >= 4 is 71.6 Å². The average Bonchev–Trinajstić information content (AvgIpc) is 3.96. The maximum absolute atomic E-state index is 6.45. The van der Waals surface area contributed by atoms with Crippen LogP contribution < -0.4 is 4.90 Å². The molecule has 314 valence electrons. The van der Waals surface area contributed by atoms with Crippen molar-refractivity contribution in [1.82, 2.24) is 4.57 Å². The normalized spacial score (nSPS) is 11.6. The maximum atomic E-state index is 6.45. The summed E-state index contributed by atoms with van der Waals surface area (Å²) in [6, 6.07) is 91.9. The molecule has 0 unspecified atom stereocenters. The molecule has 0 aliphatic carbocycles. The minimum atomic E-state index is 0.901. The molecule has 0 fully saturated rings. The highest BCUT2D eigenvalue weighted by Crippen LogP contribution is 2.41. The van der Waals surface area contributed by atoms with Crippen molar-refractivity contribution in [2.45, 2.75) is 0 Å². The fourth-order valence-corrected chi connectivity index (χ4v) is 10.1. The first-order valence-electron chi connectivity index (χ1n) is 22.9. The predicted molar refractivity (Wildman–Crippen MR) is 282 cm³/mol. The van der Waals surface area contributed by atoms with E-state index in [0.29, 0.717) is 0 Å². The Morgan fingerprint density at radius 3 is 1.45 bits per heavy atom. The molecule has 0 saturated heterocycles. The smallest absolute Gasteiger partial charge is 0.143 e. The molecule has 0 saturated carbocycles. The lowest BCUT2D eigenvalue weighted by Gasteiger charge is -2.26. The predicted octanol–water partition coefficient (Wildman–Crippen LogP) is 18.0. The van der Waals surface area contributed by atoms with Crippen LogP contribution in [-0.2, 0) is 0 Å². The zero-order chi connectivity index (χ0) is 44.3. The van der Waals surface area contributed by atoms with E-state index in [9.17, 15) is 0 Å². The van der Waals surface area contributed by atoms with Crippen LogP contribution in [0.15, 0.2) is 259 Å². The van der Waals surface area contributed by atoms with Crippen LogP contribution in [-0.4, -0.2) is 4.57 Å². The molecule has 0 spiro atoms. The van der Waals surface area contributed by atoms with Crippen molar-refractivity contribution in [2.75, 3.05) is 4.90 Å². The van der Waals surface area contributed by atoms with Crippen molar-refractivity contribution < 1.29 is 4.42 Å². The number of hydrogen-bond acceptors (Lipinski definition) is 2. The van der Waals surface area contributed by atoms with E-state index in [4.69, 9.17) is 4.42 Å². The van der Waals surface area contributed by atoms with Crippen LogP contribution in [0, 0.1) is 0 Å². The summed E-state index contributed by atoms with van der Waals surface area (Å²) in [6.07, 6.45) is 0. The minimum Gasteiger partial charge on any atom is -0.455 e. The van der Waals surface area contributed by atoms with E-state index in [-0.39, 0.29) is 0 Å². The van der Waals surface area contributed by atoms with Gasteiger partial charge in [0.2, 0.25) is 0 Å². The number of fused-ring (bicyclic) bond motifs is 7. The summed E-state index contributed by atoms with van der Waals surface area (Å²) < 4.78 is 8.83. The Morgan fingerprint density at radius 1 is 0.299 bits per heavy atom. The summed E-state index contributed by atoms with van der Waals surface area (Å²) in [5.41, 5.74) is 17.8. The van der Waals surface area contributed by atoms with Gasteiger partial charge < -0.3 is 13.9 Å². The summed E-state index contributed by atoms with van der Waals surface area (Å²) in [4.78, 5) is 2.35. The highest BCUT2D eigenvalue weighted by atomic mass is 16.3. The number of aromatic nitrogens is 1. The summed E-state index contributed by atoms with van der Waals surface area (Å²) in [5.74, 6) is 0. The molecule has 0 bridgehead atoms. The second kappa shape index (κ2) is 16.0. The van der Waals surface area contributed by atoms with Gasteiger partial charge in [0, 0.05) is 49.9 Å². The number of benzene rings is 11. The molecule has 3 heteroatoms. The molecule has 3 nitrogen and oxygen atoms in total. The molecule has 13 aromatic rings. The topological polar surface area (TPSA) is 21.3 Å². The largest absolute Gasteiger partial charge is 0.455 e. The minimum absolute atomic E-state index is 0.901. The van der Waals surface area contributed by atoms with Crippen molar-refractivity contribution in [2.24, 2.45) is 0 Å². The van der Waals surface area contributed by atoms with E-state index in [1.807, 2.05) is 12.1 Å². The lowest BCUT2D eigenvalue weighted by molar-refractivity contribution is 0.670. The van der Waals surface area contributed by atoms with Gasteiger partial charge in [0.25, 0.3) is 0 Å². The average molecular weight is 855 g/mol. The maximum Gasteiger partial charge on any atom is 0.143 e. The number of rotatable bonds is 8. The fourth-order valence-electron chi connectivity index (χ4n) is 10.1. The Labute approximate surface area is 388 Å². The molecule has 0 aliphatic heterocycles. The molecule has 67 heavy (non-hydrogen) atoms. The summed E-state index contributed by atoms with van der Waals surface area (Å²) in [6.45, 7) is 0. The number of furan rings is 1. The third kappa shape index (κ3) is 6.76. The molecule has 0 N–H and O–H groups in total. The van der Waals surface area contributed by atoms with Gasteiger partial charge in [0.1, 0.15) is 11.2 Å². The molecule has 0 amide bonds. The lowest BCUT2D eigenvalue weighted by atomic mass is 9.97. The molecule has 11 aromatic carbocycles. The molecule has 13 rings (SSSR count). The molecule has 0 radical (unpaired) electrons. The van der Waals surface area contributed by atoms with Crippen molar-refractivity contribution in [1.29, 1.82) is 0 Å². The number of hydrogen-bond donors (Lipinski definition) is 0. The number of nitrogens with zero attached hydrogens (tertiary/aromatic N) is 2. The van der Waals surface area contributed by atoms with E-state index in [1.54, 1.807) is 0 Å². The quantitative estimate of drug-likeness (QED) is 0.152. The van der Waals surface area contributed by atoms with Crippen LogP contribution in [0.3, 0.4) is 0 Å². The highest BCUT2D eigenvalue weighted by molar-refractivity contribution is 6.10. The van der Waals surface area contributed by atoms with Crippen LogP contribution in [0.2, 0.25) is 0 Å². The van der Waals surface area contributed by atoms with Gasteiger partial charge in [-0.05, 0) is 129 Å². The van der Waals surface area contributed by atoms with Crippen LogP contribution in [0.25, 0.3) is 105 Å². The standard InChI is InChI=1S/C64H42N2O/c1-2-13-47-41-51(27-26-43(47)12-1)49-15-9-14-48(40-49)44-28-34-52(35-29-44)65(54-38-32-46(33-39-54)56-21-11-22-60-59-20-5-8-25-63(59)67-64(56)60)53-36-30-45(31-37-53)50-16-10-17-55(42-50)66-61-23-6-3-18-57(61)58-19-4-7-24-62(58)66/h1-42H. The van der Waals surface area contributed by atoms with Gasteiger partial charge in [-0.2, -0.15) is 0 Å². The summed E-state index contributed by atoms with van der Waals surface area (Å²) in [5, 5.41) is 7.27. The third-order valence-corrected chi connectivity index (χ3v) is 13.4. The van der Waals surface area contributed by atoms with Gasteiger partial charge in [-0.3, -0.25) is 0 Å². The highest BCUT2D eigenvalue weighted by Gasteiger charge is 2.17. The lowest BCUT2D eigenvalue weighted by Crippen LogP contribution is -2.09. The number of anilines is 3. The van der Waals surface area contributed by atoms with E-state index >= 15 is 0 Å². The van der Waals surface area contributed by atoms with Gasteiger partial charge in [-0.15, -0.1) is 0 Å². The number of para-hydroxylation sites is 4. The van der Waals surface area contributed by atoms with E-state index in [2.05, 4.69) is 252 Å². The monoisotopic (exact) mass is 854 g/mol. The summed E-state index contributed by atoms with van der Waals surface area (Å²) in [7, 11) is 0. The Kier molecular flexibility index (Phi) is 9.17. The van der Waals surface area contributed by atoms with Crippen molar-refractivity contribution in [3.63, 3.8) is 0 Å². The first kappa shape index (κ1) is 38.5. The second-order valence-electron chi connectivity index (χ2n) is 17.3. The third-order valence-electron chi connectivity index (χ3n) is 13.4. The van der Waals surface area contributed by atoms with E-state index in [1.165, 1.54) is 54.8 Å². The fraction of sp³-hybridized carbons (Fsp3) is 0. The molecular weight excluding hydrogens is 813 g/mol. The molecule has 2 heterocycles. The Bertz CT molecular complexity index is 3920. The van der Waals surface area contributed by atoms with Gasteiger partial charge in [0.15, 0.2) is 0 Å². The molecular formula is C64H42N2O. The zero-order valence-corrected chi connectivity index (χ0v) is 36.6. The van der Waals surface area contributed by atoms with E-state index in [0.717, 1.165) is 66.9 Å². The van der Waals surface area contributed by atoms with E-state index < -0.39 is 0 Å². The molecule has 0 aliphatic rings. The van der Waals surface area contributed by atoms with Crippen LogP contribution >= 0.6 is 0 Å². The Hall–Kier alpha value is -8.92. The molecule has 0 atom stereocenters. The van der Waals surface area contributed by atoms with Crippen molar-refractivity contribution in [3.8, 4) is 50.2 Å². The van der Waals surface area contributed by atoms with Gasteiger partial charge in [0.05, 0.1) is 11.0 Å². The van der Waals surface area contributed by atoms with Gasteiger partial charge in [-0.25, -0.2) is 0 Å². The first-order valence-corrected chi connectivity index (χ1v) is 22.9. The summed E-state index contributed by atoms with van der Waals surface area (Å²) >= 11 is 0. The molecule has 2 aromatic heterocycles. The van der Waals surface area contributed by atoms with Crippen LogP contribution in [0.4, 0.5) is 17.1 Å². The Morgan fingerprint density at radius 2 is 0.776 bits per heavy atom. The Balaban J connectivity index is 0.869. The van der Waals surface area contributed by atoms with Crippen molar-refractivity contribution in [3.05, 3.63) is 255 Å². The van der Waals surface area contributed by atoms with Crippen LogP contribution in [0.5, 0.6) is 0 Å². The zero-order valence-electron chi connectivity index (χ0n) is 36.6. The van der Waals surface area contributed by atoms with Crippen LogP contribution in [0.1, 0.15) is 0 Å². The van der Waals surface area contributed by atoms with Gasteiger partial charge >= 0.3 is 0 Å². The van der Waals surface area contributed by atoms with Gasteiger partial charge in [-0.1, -0.05) is 176 Å².